The standard InChI is InChI=1S/C23H19F2N3O2S/c1-15-2-4-16(5-3-15)11-28-12-19(10-26-28)27-23(29)22-8-17(14-31-22)13-30-21-7-6-18(24)9-20(21)25/h2-10,12,14H,11,13H2,1H3,(H,27,29). The molecule has 0 aliphatic rings. The van der Waals surface area contributed by atoms with Crippen molar-refractivity contribution < 1.29 is 18.3 Å². The van der Waals surface area contributed by atoms with Crippen molar-refractivity contribution in [1.82, 2.24) is 9.78 Å². The maximum atomic E-state index is 13.7. The molecule has 0 radical (unpaired) electrons. The molecule has 1 amide bonds. The van der Waals surface area contributed by atoms with E-state index in [9.17, 15) is 13.6 Å². The highest BCUT2D eigenvalue weighted by molar-refractivity contribution is 7.12. The van der Waals surface area contributed by atoms with Gasteiger partial charge in [0.15, 0.2) is 11.6 Å². The van der Waals surface area contributed by atoms with E-state index in [1.54, 1.807) is 28.5 Å². The second-order valence-electron chi connectivity index (χ2n) is 7.05. The fourth-order valence-corrected chi connectivity index (χ4v) is 3.70. The minimum Gasteiger partial charge on any atom is -0.486 e. The zero-order valence-corrected chi connectivity index (χ0v) is 17.5. The van der Waals surface area contributed by atoms with Gasteiger partial charge in [-0.3, -0.25) is 9.48 Å². The number of amides is 1. The van der Waals surface area contributed by atoms with Gasteiger partial charge in [0.1, 0.15) is 12.4 Å². The Hall–Kier alpha value is -3.52. The van der Waals surface area contributed by atoms with Crippen molar-refractivity contribution in [2.75, 3.05) is 5.32 Å². The number of hydrogen-bond acceptors (Lipinski definition) is 4. The molecule has 2 aromatic carbocycles. The average Bonchev–Trinajstić information content (AvgIpc) is 3.39. The molecule has 1 N–H and O–H groups in total. The molecule has 31 heavy (non-hydrogen) atoms. The first kappa shape index (κ1) is 20.7. The largest absolute Gasteiger partial charge is 0.486 e. The summed E-state index contributed by atoms with van der Waals surface area (Å²) in [5.74, 6) is -1.74. The van der Waals surface area contributed by atoms with Gasteiger partial charge in [-0.15, -0.1) is 11.3 Å². The Morgan fingerprint density at radius 2 is 1.94 bits per heavy atom. The van der Waals surface area contributed by atoms with Crippen molar-refractivity contribution >= 4 is 22.9 Å². The molecule has 0 bridgehead atoms. The highest BCUT2D eigenvalue weighted by Crippen LogP contribution is 2.22. The Kier molecular flexibility index (Phi) is 6.08. The van der Waals surface area contributed by atoms with Crippen molar-refractivity contribution in [3.05, 3.63) is 99.5 Å². The van der Waals surface area contributed by atoms with Gasteiger partial charge in [-0.25, -0.2) is 8.78 Å². The summed E-state index contributed by atoms with van der Waals surface area (Å²) in [6, 6.07) is 13.0. The quantitative estimate of drug-likeness (QED) is 0.419. The van der Waals surface area contributed by atoms with Crippen molar-refractivity contribution in [1.29, 1.82) is 0 Å². The van der Waals surface area contributed by atoms with Gasteiger partial charge in [0.2, 0.25) is 0 Å². The fraction of sp³-hybridized carbons (Fsp3) is 0.130. The van der Waals surface area contributed by atoms with Crippen LogP contribution in [0.4, 0.5) is 14.5 Å². The molecule has 4 rings (SSSR count). The molecule has 0 atom stereocenters. The number of benzene rings is 2. The molecular weight excluding hydrogens is 420 g/mol. The van der Waals surface area contributed by atoms with Crippen molar-refractivity contribution in [2.24, 2.45) is 0 Å². The number of rotatable bonds is 7. The summed E-state index contributed by atoms with van der Waals surface area (Å²) in [5, 5.41) is 8.87. The molecule has 4 aromatic rings. The topological polar surface area (TPSA) is 56.2 Å². The van der Waals surface area contributed by atoms with Gasteiger partial charge in [-0.1, -0.05) is 29.8 Å². The molecule has 0 saturated carbocycles. The number of carbonyl (C=O) groups is 1. The van der Waals surface area contributed by atoms with Gasteiger partial charge in [0, 0.05) is 17.8 Å². The van der Waals surface area contributed by atoms with Crippen molar-refractivity contribution in [3.63, 3.8) is 0 Å². The Morgan fingerprint density at radius 3 is 2.71 bits per heavy atom. The molecular formula is C23H19F2N3O2S. The first-order valence-corrected chi connectivity index (χ1v) is 10.4. The third-order valence-electron chi connectivity index (χ3n) is 4.52. The molecule has 0 aliphatic heterocycles. The number of aromatic nitrogens is 2. The van der Waals surface area contributed by atoms with E-state index in [1.807, 2.05) is 31.2 Å². The first-order valence-electron chi connectivity index (χ1n) is 9.51. The second kappa shape index (κ2) is 9.09. The molecule has 0 saturated heterocycles. The molecule has 0 aliphatic carbocycles. The predicted molar refractivity (Wildman–Crippen MR) is 115 cm³/mol. The molecule has 158 valence electrons. The van der Waals surface area contributed by atoms with Gasteiger partial charge in [-0.2, -0.15) is 5.10 Å². The zero-order valence-electron chi connectivity index (χ0n) is 16.6. The number of nitrogens with zero attached hydrogens (tertiary/aromatic N) is 2. The minimum absolute atomic E-state index is 0.0420. The average molecular weight is 439 g/mol. The molecule has 2 heterocycles. The van der Waals surface area contributed by atoms with E-state index < -0.39 is 11.6 Å². The third kappa shape index (κ3) is 5.35. The van der Waals surface area contributed by atoms with Crippen LogP contribution in [0.15, 0.2) is 66.3 Å². The van der Waals surface area contributed by atoms with Crippen LogP contribution in [-0.2, 0) is 13.2 Å². The molecule has 0 unspecified atom stereocenters. The van der Waals surface area contributed by atoms with Crippen LogP contribution in [0.3, 0.4) is 0 Å². The molecule has 0 spiro atoms. The number of halogens is 2. The van der Waals surface area contributed by atoms with Crippen molar-refractivity contribution in [3.8, 4) is 5.75 Å². The lowest BCUT2D eigenvalue weighted by Crippen LogP contribution is -2.09. The first-order chi connectivity index (χ1) is 15.0. The number of hydrogen-bond donors (Lipinski definition) is 1. The number of ether oxygens (including phenoxy) is 1. The SMILES string of the molecule is Cc1ccc(Cn2cc(NC(=O)c3cc(COc4ccc(F)cc4F)cs3)cn2)cc1. The highest BCUT2D eigenvalue weighted by Gasteiger charge is 2.12. The smallest absolute Gasteiger partial charge is 0.265 e. The summed E-state index contributed by atoms with van der Waals surface area (Å²) in [6.45, 7) is 2.71. The van der Waals surface area contributed by atoms with E-state index in [-0.39, 0.29) is 18.3 Å². The van der Waals surface area contributed by atoms with E-state index in [4.69, 9.17) is 4.74 Å². The predicted octanol–water partition coefficient (Wildman–Crippen LogP) is 5.41. The van der Waals surface area contributed by atoms with Crippen LogP contribution in [0.5, 0.6) is 5.75 Å². The Balaban J connectivity index is 1.33. The molecule has 8 heteroatoms. The number of aryl methyl sites for hydroxylation is 1. The Labute approximate surface area is 181 Å². The summed E-state index contributed by atoms with van der Waals surface area (Å²) >= 11 is 1.26. The molecule has 2 aromatic heterocycles. The van der Waals surface area contributed by atoms with Crippen LogP contribution in [0.1, 0.15) is 26.4 Å². The van der Waals surface area contributed by atoms with Gasteiger partial charge in [0.25, 0.3) is 5.91 Å². The number of thiophene rings is 1. The minimum atomic E-state index is -0.768. The van der Waals surface area contributed by atoms with Crippen LogP contribution >= 0.6 is 11.3 Å². The van der Waals surface area contributed by atoms with E-state index >= 15 is 0 Å². The Morgan fingerprint density at radius 1 is 1.13 bits per heavy atom. The van der Waals surface area contributed by atoms with E-state index in [2.05, 4.69) is 10.4 Å². The second-order valence-corrected chi connectivity index (χ2v) is 7.96. The van der Waals surface area contributed by atoms with E-state index in [1.165, 1.54) is 23.0 Å². The van der Waals surface area contributed by atoms with Crippen LogP contribution in [0.2, 0.25) is 0 Å². The summed E-state index contributed by atoms with van der Waals surface area (Å²) in [7, 11) is 0. The van der Waals surface area contributed by atoms with Gasteiger partial charge >= 0.3 is 0 Å². The summed E-state index contributed by atoms with van der Waals surface area (Å²) in [4.78, 5) is 13.0. The maximum absolute atomic E-state index is 13.7. The normalized spacial score (nSPS) is 10.8. The van der Waals surface area contributed by atoms with Gasteiger partial charge < -0.3 is 10.1 Å². The lowest BCUT2D eigenvalue weighted by Gasteiger charge is -2.05. The third-order valence-corrected chi connectivity index (χ3v) is 5.50. The summed E-state index contributed by atoms with van der Waals surface area (Å²) in [5.41, 5.74) is 3.62. The number of carbonyl (C=O) groups excluding carboxylic acids is 1. The summed E-state index contributed by atoms with van der Waals surface area (Å²) in [6.07, 6.45) is 3.37. The van der Waals surface area contributed by atoms with Gasteiger partial charge in [-0.05, 0) is 36.1 Å². The molecule has 0 fully saturated rings. The monoisotopic (exact) mass is 439 g/mol. The lowest BCUT2D eigenvalue weighted by atomic mass is 10.1. The van der Waals surface area contributed by atoms with Crippen LogP contribution in [0, 0.1) is 18.6 Å². The summed E-state index contributed by atoms with van der Waals surface area (Å²) < 4.78 is 33.7. The van der Waals surface area contributed by atoms with Crippen LogP contribution < -0.4 is 10.1 Å². The molecule has 5 nitrogen and oxygen atoms in total. The van der Waals surface area contributed by atoms with E-state index in [0.29, 0.717) is 22.7 Å². The van der Waals surface area contributed by atoms with E-state index in [0.717, 1.165) is 17.7 Å². The highest BCUT2D eigenvalue weighted by atomic mass is 32.1. The fourth-order valence-electron chi connectivity index (χ4n) is 2.91. The van der Waals surface area contributed by atoms with Crippen LogP contribution in [0.25, 0.3) is 0 Å². The lowest BCUT2D eigenvalue weighted by molar-refractivity contribution is 0.103. The maximum Gasteiger partial charge on any atom is 0.265 e. The van der Waals surface area contributed by atoms with Crippen LogP contribution in [-0.4, -0.2) is 15.7 Å². The zero-order chi connectivity index (χ0) is 21.8. The Bertz CT molecular complexity index is 1200. The number of anilines is 1. The van der Waals surface area contributed by atoms with Crippen molar-refractivity contribution in [2.45, 2.75) is 20.1 Å². The van der Waals surface area contributed by atoms with Gasteiger partial charge in [0.05, 0.1) is 23.3 Å². The number of nitrogens with one attached hydrogen (secondary N) is 1.